The highest BCUT2D eigenvalue weighted by molar-refractivity contribution is 5.18. The molecule has 18 heavy (non-hydrogen) atoms. The van der Waals surface area contributed by atoms with Crippen LogP contribution >= 0.6 is 0 Å². The smallest absolute Gasteiger partial charge is 0.117 e. The summed E-state index contributed by atoms with van der Waals surface area (Å²) in [6.07, 6.45) is 4.67. The maximum Gasteiger partial charge on any atom is 0.117 e. The molecular weight excluding hydrogens is 228 g/mol. The fourth-order valence-electron chi connectivity index (χ4n) is 4.15. The summed E-state index contributed by atoms with van der Waals surface area (Å²) in [4.78, 5) is 4.76. The molecule has 3 aliphatic rings. The van der Waals surface area contributed by atoms with Crippen molar-refractivity contribution in [2.24, 2.45) is 23.2 Å². The van der Waals surface area contributed by atoms with Crippen molar-refractivity contribution < 1.29 is 14.9 Å². The van der Waals surface area contributed by atoms with Crippen molar-refractivity contribution in [1.29, 1.82) is 0 Å². The Kier molecular flexibility index (Phi) is 3.04. The van der Waals surface area contributed by atoms with E-state index in [-0.39, 0.29) is 11.5 Å². The molecule has 0 spiro atoms. The van der Waals surface area contributed by atoms with Gasteiger partial charge in [-0.2, -0.15) is 0 Å². The van der Waals surface area contributed by atoms with E-state index in [0.29, 0.717) is 17.9 Å². The summed E-state index contributed by atoms with van der Waals surface area (Å²) >= 11 is 0. The third-order valence-electron chi connectivity index (χ3n) is 5.63. The molecule has 3 heteroatoms. The van der Waals surface area contributed by atoms with Crippen molar-refractivity contribution >= 4 is 0 Å². The van der Waals surface area contributed by atoms with Gasteiger partial charge in [-0.1, -0.05) is 20.4 Å². The number of hydrogen-bond donors (Lipinski definition) is 1. The number of hydrogen-bond acceptors (Lipinski definition) is 3. The van der Waals surface area contributed by atoms with Gasteiger partial charge in [0.05, 0.1) is 12.7 Å². The zero-order valence-corrected chi connectivity index (χ0v) is 11.4. The summed E-state index contributed by atoms with van der Waals surface area (Å²) in [5.41, 5.74) is 1.31. The molecule has 1 heterocycles. The summed E-state index contributed by atoms with van der Waals surface area (Å²) in [5, 5.41) is 9.21. The molecule has 1 saturated heterocycles. The first kappa shape index (κ1) is 12.6. The van der Waals surface area contributed by atoms with E-state index in [1.807, 2.05) is 0 Å². The Morgan fingerprint density at radius 1 is 1.33 bits per heavy atom. The van der Waals surface area contributed by atoms with Crippen LogP contribution in [-0.4, -0.2) is 24.1 Å². The molecule has 0 aromatic heterocycles. The number of ether oxygens (including phenoxy) is 1. The van der Waals surface area contributed by atoms with Crippen LogP contribution in [0.2, 0.25) is 0 Å². The molecule has 5 atom stereocenters. The molecule has 3 fully saturated rings. The standard InChI is InChI=1S/C15H24O3/c1-9-4-7-12-10(8-17-12)5-6-11-13(14(9)18-16)15(11,2)3/h10-14,16H,1,4-8H2,2-3H3/t10-,11+,12+,13-,14-/m0/s1. The molecule has 2 aliphatic carbocycles. The minimum absolute atomic E-state index is 0.179. The SMILES string of the molecule is C=C1CC[C@H]2OC[C@@H]2CC[C@@H]2[C@@H]([C@H]1OO)C2(C)C. The third-order valence-corrected chi connectivity index (χ3v) is 5.63. The topological polar surface area (TPSA) is 38.7 Å². The van der Waals surface area contributed by atoms with Crippen molar-refractivity contribution in [2.75, 3.05) is 6.61 Å². The molecule has 0 bridgehead atoms. The molecule has 1 N–H and O–H groups in total. The molecular formula is C15H24O3. The van der Waals surface area contributed by atoms with Gasteiger partial charge in [0, 0.05) is 11.8 Å². The molecule has 2 saturated carbocycles. The predicted octanol–water partition coefficient (Wildman–Crippen LogP) is 3.26. The highest BCUT2D eigenvalue weighted by atomic mass is 17.1. The second-order valence-corrected chi connectivity index (χ2v) is 6.89. The van der Waals surface area contributed by atoms with Gasteiger partial charge in [0.15, 0.2) is 0 Å². The minimum Gasteiger partial charge on any atom is -0.377 e. The Balaban J connectivity index is 1.76. The first-order valence-electron chi connectivity index (χ1n) is 7.15. The summed E-state index contributed by atoms with van der Waals surface area (Å²) in [6.45, 7) is 9.64. The maximum absolute atomic E-state index is 9.21. The Morgan fingerprint density at radius 2 is 2.11 bits per heavy atom. The van der Waals surface area contributed by atoms with Gasteiger partial charge in [-0.15, -0.1) is 0 Å². The molecule has 0 amide bonds. The number of rotatable bonds is 1. The maximum atomic E-state index is 9.21. The van der Waals surface area contributed by atoms with Crippen molar-refractivity contribution in [1.82, 2.24) is 0 Å². The predicted molar refractivity (Wildman–Crippen MR) is 69.1 cm³/mol. The summed E-state index contributed by atoms with van der Waals surface area (Å²) in [5.74, 6) is 1.85. The lowest BCUT2D eigenvalue weighted by molar-refractivity contribution is -0.276. The van der Waals surface area contributed by atoms with E-state index >= 15 is 0 Å². The van der Waals surface area contributed by atoms with Gasteiger partial charge >= 0.3 is 0 Å². The molecule has 1 aliphatic heterocycles. The van der Waals surface area contributed by atoms with Gasteiger partial charge in [-0.25, -0.2) is 4.89 Å². The van der Waals surface area contributed by atoms with Crippen LogP contribution in [0.5, 0.6) is 0 Å². The van der Waals surface area contributed by atoms with Gasteiger partial charge in [-0.05, 0) is 42.6 Å². The Labute approximate surface area is 109 Å². The van der Waals surface area contributed by atoms with Crippen molar-refractivity contribution in [2.45, 2.75) is 51.7 Å². The van der Waals surface area contributed by atoms with Crippen molar-refractivity contribution in [3.63, 3.8) is 0 Å². The van der Waals surface area contributed by atoms with Gasteiger partial charge in [0.1, 0.15) is 6.10 Å². The second kappa shape index (κ2) is 4.32. The van der Waals surface area contributed by atoms with Crippen LogP contribution in [0, 0.1) is 23.2 Å². The van der Waals surface area contributed by atoms with Crippen LogP contribution in [-0.2, 0) is 9.62 Å². The number of fused-ring (bicyclic) bond motifs is 2. The largest absolute Gasteiger partial charge is 0.377 e. The minimum atomic E-state index is -0.179. The van der Waals surface area contributed by atoms with Crippen LogP contribution in [0.25, 0.3) is 0 Å². The van der Waals surface area contributed by atoms with Gasteiger partial charge < -0.3 is 4.74 Å². The zero-order valence-electron chi connectivity index (χ0n) is 11.4. The highest BCUT2D eigenvalue weighted by Gasteiger charge is 2.61. The van der Waals surface area contributed by atoms with Gasteiger partial charge in [0.2, 0.25) is 0 Å². The Hall–Kier alpha value is -0.380. The molecule has 0 unspecified atom stereocenters. The first-order chi connectivity index (χ1) is 8.55. The van der Waals surface area contributed by atoms with Crippen molar-refractivity contribution in [3.05, 3.63) is 12.2 Å². The fourth-order valence-corrected chi connectivity index (χ4v) is 4.15. The Morgan fingerprint density at radius 3 is 2.72 bits per heavy atom. The van der Waals surface area contributed by atoms with Crippen molar-refractivity contribution in [3.8, 4) is 0 Å². The van der Waals surface area contributed by atoms with Crippen LogP contribution in [0.4, 0.5) is 0 Å². The normalized spacial score (nSPS) is 46.6. The van der Waals surface area contributed by atoms with Crippen LogP contribution < -0.4 is 0 Å². The van der Waals surface area contributed by atoms with E-state index in [0.717, 1.165) is 30.9 Å². The van der Waals surface area contributed by atoms with E-state index < -0.39 is 0 Å². The van der Waals surface area contributed by atoms with Gasteiger partial charge in [-0.3, -0.25) is 5.26 Å². The molecule has 0 aromatic rings. The molecule has 3 rings (SSSR count). The fraction of sp³-hybridized carbons (Fsp3) is 0.867. The molecule has 0 radical (unpaired) electrons. The van der Waals surface area contributed by atoms with Crippen LogP contribution in [0.3, 0.4) is 0 Å². The summed E-state index contributed by atoms with van der Waals surface area (Å²) in [7, 11) is 0. The lowest BCUT2D eigenvalue weighted by Gasteiger charge is -2.38. The molecule has 3 nitrogen and oxygen atoms in total. The summed E-state index contributed by atoms with van der Waals surface area (Å²) < 4.78 is 5.64. The zero-order chi connectivity index (χ0) is 12.9. The highest BCUT2D eigenvalue weighted by Crippen LogP contribution is 2.64. The first-order valence-corrected chi connectivity index (χ1v) is 7.15. The Bertz CT molecular complexity index is 350. The van der Waals surface area contributed by atoms with Crippen LogP contribution in [0.1, 0.15) is 39.5 Å². The van der Waals surface area contributed by atoms with Crippen LogP contribution in [0.15, 0.2) is 12.2 Å². The van der Waals surface area contributed by atoms with E-state index in [4.69, 9.17) is 9.62 Å². The quantitative estimate of drug-likeness (QED) is 0.442. The molecule has 102 valence electrons. The van der Waals surface area contributed by atoms with E-state index in [1.165, 1.54) is 12.8 Å². The monoisotopic (exact) mass is 252 g/mol. The summed E-state index contributed by atoms with van der Waals surface area (Å²) in [6, 6.07) is 0. The molecule has 0 aromatic carbocycles. The average Bonchev–Trinajstić information content (AvgIpc) is 2.81. The average molecular weight is 252 g/mol. The second-order valence-electron chi connectivity index (χ2n) is 6.89. The van der Waals surface area contributed by atoms with E-state index in [1.54, 1.807) is 0 Å². The lowest BCUT2D eigenvalue weighted by atomic mass is 9.85. The lowest BCUT2D eigenvalue weighted by Crippen LogP contribution is -2.40. The van der Waals surface area contributed by atoms with E-state index in [9.17, 15) is 5.26 Å². The third kappa shape index (κ3) is 1.84. The van der Waals surface area contributed by atoms with Gasteiger partial charge in [0.25, 0.3) is 0 Å². The van der Waals surface area contributed by atoms with E-state index in [2.05, 4.69) is 20.4 Å².